The van der Waals surface area contributed by atoms with Crippen LogP contribution in [0.15, 0.2) is 47.5 Å². The molecule has 124 valence electrons. The van der Waals surface area contributed by atoms with Crippen LogP contribution in [0.1, 0.15) is 22.8 Å². The van der Waals surface area contributed by atoms with E-state index < -0.39 is 0 Å². The molecule has 1 aromatic carbocycles. The number of nitrogens with zero attached hydrogens (tertiary/aromatic N) is 3. The van der Waals surface area contributed by atoms with Crippen LogP contribution >= 0.6 is 0 Å². The highest BCUT2D eigenvalue weighted by molar-refractivity contribution is 5.93. The van der Waals surface area contributed by atoms with Crippen molar-refractivity contribution in [2.75, 3.05) is 7.11 Å². The first-order valence-electron chi connectivity index (χ1n) is 7.41. The predicted octanol–water partition coefficient (Wildman–Crippen LogP) is 2.31. The summed E-state index contributed by atoms with van der Waals surface area (Å²) >= 11 is 0. The molecule has 2 aromatic heterocycles. The summed E-state index contributed by atoms with van der Waals surface area (Å²) in [5.41, 5.74) is 1.56. The van der Waals surface area contributed by atoms with Gasteiger partial charge in [-0.15, -0.1) is 0 Å². The maximum Gasteiger partial charge on any atom is 0.280 e. The summed E-state index contributed by atoms with van der Waals surface area (Å²) in [7, 11) is 1.48. The quantitative estimate of drug-likeness (QED) is 0.738. The molecule has 0 aliphatic heterocycles. The fraction of sp³-hybridized carbons (Fsp3) is 0.111. The maximum atomic E-state index is 12.7. The minimum atomic E-state index is -0.314. The Morgan fingerprint density at radius 3 is 2.68 bits per heavy atom. The first kappa shape index (κ1) is 16.2. The van der Waals surface area contributed by atoms with Gasteiger partial charge in [-0.1, -0.05) is 0 Å². The number of aromatic nitrogens is 3. The number of benzene rings is 1. The number of hydrogen-bond acceptors (Lipinski definition) is 5. The first-order valence-corrected chi connectivity index (χ1v) is 7.41. The highest BCUT2D eigenvalue weighted by Crippen LogP contribution is 2.28. The standard InChI is InChI=1S/C18H14N4O3/c1-11(23)13-4-6-17(20-9-13)22-18(24)15(10-21-22)14-5-3-12(8-19)7-16(14)25-2/h3-7,9-10,21H,1-2H3. The van der Waals surface area contributed by atoms with Gasteiger partial charge in [0.2, 0.25) is 0 Å². The molecule has 0 amide bonds. The predicted molar refractivity (Wildman–Crippen MR) is 90.9 cm³/mol. The van der Waals surface area contributed by atoms with Gasteiger partial charge >= 0.3 is 0 Å². The number of carbonyl (C=O) groups excluding carboxylic acids is 1. The number of Topliss-reactive ketones (excluding diaryl/α,β-unsaturated/α-hetero) is 1. The number of nitrogens with one attached hydrogen (secondary N) is 1. The van der Waals surface area contributed by atoms with Gasteiger partial charge in [-0.25, -0.2) is 9.67 Å². The number of rotatable bonds is 4. The van der Waals surface area contributed by atoms with Crippen LogP contribution in [0.4, 0.5) is 0 Å². The van der Waals surface area contributed by atoms with Crippen LogP contribution in [0.2, 0.25) is 0 Å². The molecule has 0 aliphatic rings. The van der Waals surface area contributed by atoms with Gasteiger partial charge in [0.15, 0.2) is 11.6 Å². The summed E-state index contributed by atoms with van der Waals surface area (Å²) < 4.78 is 6.56. The average molecular weight is 334 g/mol. The van der Waals surface area contributed by atoms with E-state index in [1.807, 2.05) is 6.07 Å². The van der Waals surface area contributed by atoms with Gasteiger partial charge in [0, 0.05) is 23.5 Å². The van der Waals surface area contributed by atoms with Crippen LogP contribution in [-0.2, 0) is 0 Å². The number of aromatic amines is 1. The molecule has 3 rings (SSSR count). The fourth-order valence-electron chi connectivity index (χ4n) is 2.44. The number of ether oxygens (including phenoxy) is 1. The van der Waals surface area contributed by atoms with Gasteiger partial charge in [-0.3, -0.25) is 14.7 Å². The Hall–Kier alpha value is -3.66. The van der Waals surface area contributed by atoms with Gasteiger partial charge < -0.3 is 4.74 Å². The van der Waals surface area contributed by atoms with E-state index >= 15 is 0 Å². The Kier molecular flexibility index (Phi) is 4.18. The van der Waals surface area contributed by atoms with Crippen molar-refractivity contribution in [1.82, 2.24) is 14.8 Å². The van der Waals surface area contributed by atoms with Crippen LogP contribution in [0.5, 0.6) is 5.75 Å². The Labute approximate surface area is 143 Å². The van der Waals surface area contributed by atoms with Gasteiger partial charge in [-0.2, -0.15) is 5.26 Å². The second-order valence-electron chi connectivity index (χ2n) is 5.32. The lowest BCUT2D eigenvalue weighted by Gasteiger charge is -2.06. The summed E-state index contributed by atoms with van der Waals surface area (Å²) in [5, 5.41) is 11.8. The van der Waals surface area contributed by atoms with E-state index in [0.717, 1.165) is 0 Å². The van der Waals surface area contributed by atoms with Gasteiger partial charge in [0.1, 0.15) is 5.75 Å². The topological polar surface area (TPSA) is 101 Å². The Morgan fingerprint density at radius 2 is 2.08 bits per heavy atom. The average Bonchev–Trinajstić information content (AvgIpc) is 3.02. The lowest BCUT2D eigenvalue weighted by Crippen LogP contribution is -2.17. The molecule has 0 spiro atoms. The van der Waals surface area contributed by atoms with Crippen molar-refractivity contribution in [2.24, 2.45) is 0 Å². The minimum absolute atomic E-state index is 0.0964. The van der Waals surface area contributed by atoms with Crippen LogP contribution in [-0.4, -0.2) is 27.7 Å². The number of hydrogen-bond donors (Lipinski definition) is 1. The van der Waals surface area contributed by atoms with E-state index in [1.165, 1.54) is 24.9 Å². The Morgan fingerprint density at radius 1 is 1.28 bits per heavy atom. The monoisotopic (exact) mass is 334 g/mol. The molecule has 0 saturated carbocycles. The molecule has 7 heteroatoms. The summed E-state index contributed by atoms with van der Waals surface area (Å²) in [6.45, 7) is 1.45. The molecule has 25 heavy (non-hydrogen) atoms. The van der Waals surface area contributed by atoms with Crippen molar-refractivity contribution in [3.63, 3.8) is 0 Å². The fourth-order valence-corrected chi connectivity index (χ4v) is 2.44. The first-order chi connectivity index (χ1) is 12.0. The van der Waals surface area contributed by atoms with E-state index in [0.29, 0.717) is 33.8 Å². The number of methoxy groups -OCH3 is 1. The van der Waals surface area contributed by atoms with Crippen molar-refractivity contribution in [2.45, 2.75) is 6.92 Å². The summed E-state index contributed by atoms with van der Waals surface area (Å²) in [6, 6.07) is 10.1. The van der Waals surface area contributed by atoms with Crippen molar-refractivity contribution >= 4 is 5.78 Å². The summed E-state index contributed by atoms with van der Waals surface area (Å²) in [5.74, 6) is 0.705. The molecule has 7 nitrogen and oxygen atoms in total. The molecule has 0 bridgehead atoms. The third-order valence-corrected chi connectivity index (χ3v) is 3.78. The summed E-state index contributed by atoms with van der Waals surface area (Å²) in [4.78, 5) is 28.2. The lowest BCUT2D eigenvalue weighted by atomic mass is 10.1. The van der Waals surface area contributed by atoms with Gasteiger partial charge in [0.05, 0.1) is 24.3 Å². The second-order valence-corrected chi connectivity index (χ2v) is 5.32. The zero-order valence-corrected chi connectivity index (χ0v) is 13.6. The highest BCUT2D eigenvalue weighted by Gasteiger charge is 2.15. The molecule has 1 N–H and O–H groups in total. The number of pyridine rings is 1. The van der Waals surface area contributed by atoms with Crippen LogP contribution in [0.3, 0.4) is 0 Å². The molecular weight excluding hydrogens is 320 g/mol. The molecule has 0 aliphatic carbocycles. The minimum Gasteiger partial charge on any atom is -0.496 e. The molecule has 0 fully saturated rings. The summed E-state index contributed by atoms with van der Waals surface area (Å²) in [6.07, 6.45) is 2.97. The highest BCUT2D eigenvalue weighted by atomic mass is 16.5. The van der Waals surface area contributed by atoms with Crippen molar-refractivity contribution in [3.8, 4) is 28.8 Å². The molecule has 2 heterocycles. The van der Waals surface area contributed by atoms with E-state index in [9.17, 15) is 9.59 Å². The third-order valence-electron chi connectivity index (χ3n) is 3.78. The van der Waals surface area contributed by atoms with Crippen LogP contribution < -0.4 is 10.3 Å². The second kappa shape index (κ2) is 6.45. The van der Waals surface area contributed by atoms with E-state index in [-0.39, 0.29) is 11.3 Å². The zero-order valence-electron chi connectivity index (χ0n) is 13.6. The van der Waals surface area contributed by atoms with E-state index in [1.54, 1.807) is 36.5 Å². The largest absolute Gasteiger partial charge is 0.496 e. The molecule has 0 atom stereocenters. The normalized spacial score (nSPS) is 10.3. The number of carbonyl (C=O) groups is 1. The van der Waals surface area contributed by atoms with Crippen LogP contribution in [0.25, 0.3) is 16.9 Å². The van der Waals surface area contributed by atoms with Gasteiger partial charge in [0.25, 0.3) is 5.56 Å². The third kappa shape index (κ3) is 2.93. The van der Waals surface area contributed by atoms with E-state index in [4.69, 9.17) is 10.00 Å². The van der Waals surface area contributed by atoms with Gasteiger partial charge in [-0.05, 0) is 37.3 Å². The van der Waals surface area contributed by atoms with Crippen molar-refractivity contribution in [1.29, 1.82) is 5.26 Å². The smallest absolute Gasteiger partial charge is 0.280 e. The van der Waals surface area contributed by atoms with E-state index in [2.05, 4.69) is 10.1 Å². The maximum absolute atomic E-state index is 12.7. The molecule has 0 saturated heterocycles. The molecule has 0 unspecified atom stereocenters. The van der Waals surface area contributed by atoms with Crippen LogP contribution in [0, 0.1) is 11.3 Å². The lowest BCUT2D eigenvalue weighted by molar-refractivity contribution is 0.101. The Bertz CT molecular complexity index is 1040. The van der Waals surface area contributed by atoms with Crippen molar-refractivity contribution < 1.29 is 9.53 Å². The number of nitriles is 1. The SMILES string of the molecule is COc1cc(C#N)ccc1-c1c[nH]n(-c2ccc(C(C)=O)cn2)c1=O. The Balaban J connectivity index is 2.06. The van der Waals surface area contributed by atoms with Crippen molar-refractivity contribution in [3.05, 3.63) is 64.2 Å². The molecule has 0 radical (unpaired) electrons. The number of ketones is 1. The zero-order chi connectivity index (χ0) is 18.0. The number of H-pyrrole nitrogens is 1. The molecular formula is C18H14N4O3. The molecule has 3 aromatic rings.